The van der Waals surface area contributed by atoms with E-state index >= 15 is 0 Å². The first-order chi connectivity index (χ1) is 10.8. The van der Waals surface area contributed by atoms with Crippen LogP contribution in [-0.4, -0.2) is 23.4 Å². The van der Waals surface area contributed by atoms with E-state index in [9.17, 15) is 13.6 Å². The standard InChI is InChI=1S/C13H8Cl2F2N2O4/c1-22-11-5(14)3-2-4(7(11)16)10-8(17)9(18)6(15)12(19-10)23-13(20)21/h2-3H,1H3,(H2,18,19)(H,20,21). The van der Waals surface area contributed by atoms with Crippen molar-refractivity contribution < 1.29 is 28.2 Å². The Kier molecular flexibility index (Phi) is 4.76. The van der Waals surface area contributed by atoms with E-state index in [2.05, 4.69) is 9.72 Å². The van der Waals surface area contributed by atoms with Crippen molar-refractivity contribution in [3.05, 3.63) is 33.8 Å². The smallest absolute Gasteiger partial charge is 0.492 e. The Morgan fingerprint density at radius 1 is 1.30 bits per heavy atom. The van der Waals surface area contributed by atoms with Crippen LogP contribution in [0, 0.1) is 11.6 Å². The molecule has 0 saturated heterocycles. The molecule has 1 aromatic carbocycles. The zero-order valence-corrected chi connectivity index (χ0v) is 12.9. The first-order valence-electron chi connectivity index (χ1n) is 5.85. The van der Waals surface area contributed by atoms with Gasteiger partial charge in [-0.15, -0.1) is 0 Å². The number of rotatable bonds is 3. The molecule has 122 valence electrons. The highest BCUT2D eigenvalue weighted by atomic mass is 35.5. The van der Waals surface area contributed by atoms with Gasteiger partial charge in [-0.2, -0.15) is 0 Å². The molecule has 0 spiro atoms. The minimum Gasteiger partial charge on any atom is -0.492 e. The van der Waals surface area contributed by atoms with Crippen molar-refractivity contribution in [1.29, 1.82) is 0 Å². The second-order valence-corrected chi connectivity index (χ2v) is 4.90. The monoisotopic (exact) mass is 364 g/mol. The second kappa shape index (κ2) is 6.43. The highest BCUT2D eigenvalue weighted by Gasteiger charge is 2.24. The molecule has 10 heteroatoms. The molecule has 2 aromatic rings. The number of halogens is 4. The fraction of sp³-hybridized carbons (Fsp3) is 0.0769. The van der Waals surface area contributed by atoms with E-state index in [1.807, 2.05) is 0 Å². The molecule has 3 N–H and O–H groups in total. The topological polar surface area (TPSA) is 94.7 Å². The normalized spacial score (nSPS) is 10.5. The molecule has 0 amide bonds. The van der Waals surface area contributed by atoms with Gasteiger partial charge in [0.05, 0.1) is 17.8 Å². The molecule has 1 aromatic heterocycles. The summed E-state index contributed by atoms with van der Waals surface area (Å²) < 4.78 is 37.7. The van der Waals surface area contributed by atoms with Crippen molar-refractivity contribution in [1.82, 2.24) is 4.98 Å². The van der Waals surface area contributed by atoms with E-state index < -0.39 is 40.1 Å². The van der Waals surface area contributed by atoms with Gasteiger partial charge in [0.2, 0.25) is 5.88 Å². The van der Waals surface area contributed by atoms with Gasteiger partial charge in [0.25, 0.3) is 0 Å². The molecule has 0 aliphatic rings. The number of benzene rings is 1. The molecule has 0 aliphatic heterocycles. The number of ether oxygens (including phenoxy) is 2. The lowest BCUT2D eigenvalue weighted by Gasteiger charge is -2.12. The van der Waals surface area contributed by atoms with Crippen LogP contribution >= 0.6 is 23.2 Å². The predicted octanol–water partition coefficient (Wildman–Crippen LogP) is 3.98. The van der Waals surface area contributed by atoms with Gasteiger partial charge in [-0.05, 0) is 12.1 Å². The van der Waals surface area contributed by atoms with Gasteiger partial charge in [0, 0.05) is 5.56 Å². The molecule has 0 unspecified atom stereocenters. The van der Waals surface area contributed by atoms with E-state index in [0.717, 1.165) is 6.07 Å². The Hall–Kier alpha value is -2.32. The number of nitrogen functional groups attached to an aromatic ring is 1. The van der Waals surface area contributed by atoms with Crippen molar-refractivity contribution in [3.8, 4) is 22.9 Å². The number of nitrogens with two attached hydrogens (primary N) is 1. The minimum atomic E-state index is -1.74. The Morgan fingerprint density at radius 3 is 2.52 bits per heavy atom. The molecule has 0 fully saturated rings. The minimum absolute atomic E-state index is 0.0434. The summed E-state index contributed by atoms with van der Waals surface area (Å²) >= 11 is 11.4. The second-order valence-electron chi connectivity index (χ2n) is 4.12. The Bertz CT molecular complexity index is 802. The number of carboxylic acid groups (broad SMARTS) is 1. The average Bonchev–Trinajstić information content (AvgIpc) is 2.49. The quantitative estimate of drug-likeness (QED) is 0.799. The Labute approximate surface area is 138 Å². The molecular weight excluding hydrogens is 357 g/mol. The van der Waals surface area contributed by atoms with E-state index in [-0.39, 0.29) is 16.3 Å². The molecule has 0 saturated carbocycles. The zero-order chi connectivity index (χ0) is 17.3. The molecule has 0 aliphatic carbocycles. The third-order valence-corrected chi connectivity index (χ3v) is 3.44. The summed E-state index contributed by atoms with van der Waals surface area (Å²) in [6.45, 7) is 0. The summed E-state index contributed by atoms with van der Waals surface area (Å²) in [5.41, 5.74) is 3.85. The molecule has 6 nitrogen and oxygen atoms in total. The van der Waals surface area contributed by atoms with Crippen LogP contribution in [0.25, 0.3) is 11.3 Å². The van der Waals surface area contributed by atoms with E-state index in [0.29, 0.717) is 0 Å². The lowest BCUT2D eigenvalue weighted by atomic mass is 10.1. The molecule has 0 radical (unpaired) electrons. The van der Waals surface area contributed by atoms with Crippen molar-refractivity contribution in [2.75, 3.05) is 12.8 Å². The van der Waals surface area contributed by atoms with Gasteiger partial charge < -0.3 is 20.3 Å². The van der Waals surface area contributed by atoms with Crippen molar-refractivity contribution in [2.24, 2.45) is 0 Å². The number of hydrogen-bond donors (Lipinski definition) is 2. The number of carbonyl (C=O) groups is 1. The highest BCUT2D eigenvalue weighted by Crippen LogP contribution is 2.40. The Morgan fingerprint density at radius 2 is 1.96 bits per heavy atom. The molecule has 0 bridgehead atoms. The van der Waals surface area contributed by atoms with Crippen LogP contribution in [-0.2, 0) is 0 Å². The molecule has 1 heterocycles. The van der Waals surface area contributed by atoms with Crippen LogP contribution in [0.3, 0.4) is 0 Å². The van der Waals surface area contributed by atoms with Gasteiger partial charge in [-0.3, -0.25) is 0 Å². The lowest BCUT2D eigenvalue weighted by Crippen LogP contribution is -2.09. The number of aromatic nitrogens is 1. The predicted molar refractivity (Wildman–Crippen MR) is 79.2 cm³/mol. The largest absolute Gasteiger partial charge is 0.512 e. The van der Waals surface area contributed by atoms with Crippen molar-refractivity contribution in [3.63, 3.8) is 0 Å². The fourth-order valence-electron chi connectivity index (χ4n) is 1.77. The van der Waals surface area contributed by atoms with Crippen LogP contribution in [0.15, 0.2) is 12.1 Å². The van der Waals surface area contributed by atoms with Crippen LogP contribution in [0.2, 0.25) is 10.0 Å². The first kappa shape index (κ1) is 17.0. The van der Waals surface area contributed by atoms with Crippen molar-refractivity contribution in [2.45, 2.75) is 0 Å². The van der Waals surface area contributed by atoms with Gasteiger partial charge in [0.15, 0.2) is 17.4 Å². The number of methoxy groups -OCH3 is 1. The summed E-state index contributed by atoms with van der Waals surface area (Å²) in [5.74, 6) is -3.16. The van der Waals surface area contributed by atoms with Crippen LogP contribution in [0.5, 0.6) is 11.6 Å². The molecule has 2 rings (SSSR count). The molecule has 0 atom stereocenters. The van der Waals surface area contributed by atoms with Gasteiger partial charge in [0.1, 0.15) is 10.7 Å². The lowest BCUT2D eigenvalue weighted by molar-refractivity contribution is 0.142. The number of nitrogens with zero attached hydrogens (tertiary/aromatic N) is 1. The fourth-order valence-corrected chi connectivity index (χ4v) is 2.16. The van der Waals surface area contributed by atoms with Gasteiger partial charge in [-0.25, -0.2) is 18.6 Å². The summed E-state index contributed by atoms with van der Waals surface area (Å²) in [5, 5.41) is 8.03. The highest BCUT2D eigenvalue weighted by molar-refractivity contribution is 6.34. The zero-order valence-electron chi connectivity index (χ0n) is 11.4. The molecular formula is C13H8Cl2F2N2O4. The van der Waals surface area contributed by atoms with Crippen molar-refractivity contribution >= 4 is 35.0 Å². The summed E-state index contributed by atoms with van der Waals surface area (Å²) in [4.78, 5) is 14.2. The maximum atomic E-state index is 14.4. The average molecular weight is 365 g/mol. The van der Waals surface area contributed by atoms with E-state index in [4.69, 9.17) is 38.8 Å². The number of hydrogen-bond acceptors (Lipinski definition) is 5. The van der Waals surface area contributed by atoms with Crippen LogP contribution < -0.4 is 15.2 Å². The summed E-state index contributed by atoms with van der Waals surface area (Å²) in [6, 6.07) is 2.38. The van der Waals surface area contributed by atoms with Gasteiger partial charge >= 0.3 is 6.16 Å². The van der Waals surface area contributed by atoms with Gasteiger partial charge in [-0.1, -0.05) is 23.2 Å². The third kappa shape index (κ3) is 3.08. The Balaban J connectivity index is 2.73. The van der Waals surface area contributed by atoms with Crippen LogP contribution in [0.1, 0.15) is 0 Å². The third-order valence-electron chi connectivity index (χ3n) is 2.77. The molecule has 23 heavy (non-hydrogen) atoms. The summed E-state index contributed by atoms with van der Waals surface area (Å²) in [6.07, 6.45) is -1.74. The number of anilines is 1. The number of pyridine rings is 1. The maximum absolute atomic E-state index is 14.4. The van der Waals surface area contributed by atoms with E-state index in [1.165, 1.54) is 13.2 Å². The van der Waals surface area contributed by atoms with E-state index in [1.54, 1.807) is 0 Å². The SMILES string of the molecule is COc1c(Cl)ccc(-c2nc(OC(=O)O)c(Cl)c(N)c2F)c1F. The maximum Gasteiger partial charge on any atom is 0.512 e. The first-order valence-corrected chi connectivity index (χ1v) is 6.61. The van der Waals surface area contributed by atoms with Crippen LogP contribution in [0.4, 0.5) is 19.3 Å². The summed E-state index contributed by atoms with van der Waals surface area (Å²) in [7, 11) is 1.17.